The zero-order valence-electron chi connectivity index (χ0n) is 20.4. The molecule has 0 N–H and O–H groups in total. The summed E-state index contributed by atoms with van der Waals surface area (Å²) in [5, 5.41) is 1.75. The molecule has 0 bridgehead atoms. The Labute approximate surface area is 221 Å². The Balaban J connectivity index is 1.51. The van der Waals surface area contributed by atoms with Crippen molar-refractivity contribution in [2.24, 2.45) is 0 Å². The van der Waals surface area contributed by atoms with Crippen molar-refractivity contribution in [3.8, 4) is 5.13 Å². The lowest BCUT2D eigenvalue weighted by molar-refractivity contribution is 0.0362. The van der Waals surface area contributed by atoms with Gasteiger partial charge in [-0.25, -0.2) is 4.98 Å². The van der Waals surface area contributed by atoms with Gasteiger partial charge >= 0.3 is 0 Å². The Morgan fingerprint density at radius 1 is 1.03 bits per heavy atom. The number of halogens is 1. The summed E-state index contributed by atoms with van der Waals surface area (Å²) in [7, 11) is 0. The van der Waals surface area contributed by atoms with Gasteiger partial charge in [-0.15, -0.1) is 0 Å². The molecule has 1 saturated heterocycles. The molecular formula is C27H26ClN5O3S. The molecule has 1 fully saturated rings. The number of fused-ring (bicyclic) bond motifs is 2. The van der Waals surface area contributed by atoms with Gasteiger partial charge in [-0.3, -0.25) is 19.2 Å². The molecule has 37 heavy (non-hydrogen) atoms. The number of thiazole rings is 1. The summed E-state index contributed by atoms with van der Waals surface area (Å²) < 4.78 is 11.6. The quantitative estimate of drug-likeness (QED) is 0.330. The van der Waals surface area contributed by atoms with E-state index in [1.165, 1.54) is 11.3 Å². The maximum atomic E-state index is 14.0. The van der Waals surface area contributed by atoms with Crippen LogP contribution in [-0.2, 0) is 17.8 Å². The largest absolute Gasteiger partial charge is 0.379 e. The molecule has 10 heteroatoms. The van der Waals surface area contributed by atoms with Crippen LogP contribution in [0.25, 0.3) is 26.3 Å². The molecule has 4 heterocycles. The smallest absolute Gasteiger partial charge is 0.283 e. The van der Waals surface area contributed by atoms with E-state index < -0.39 is 0 Å². The minimum absolute atomic E-state index is 0.121. The number of hydrogen-bond acceptors (Lipinski definition) is 6. The van der Waals surface area contributed by atoms with Crippen LogP contribution < -0.4 is 11.1 Å². The summed E-state index contributed by atoms with van der Waals surface area (Å²) in [4.78, 5) is 34.4. The SMILES string of the molecule is Cc1c2c(=O)n(-c3nc4ccccc4s3)n(Cc3ccc(Cl)cc3)c2cc(=O)n1CCN1CCOCC1. The minimum atomic E-state index is -0.180. The highest BCUT2D eigenvalue weighted by molar-refractivity contribution is 7.20. The van der Waals surface area contributed by atoms with Gasteiger partial charge < -0.3 is 9.30 Å². The maximum Gasteiger partial charge on any atom is 0.283 e. The van der Waals surface area contributed by atoms with Crippen molar-refractivity contribution in [1.82, 2.24) is 23.8 Å². The number of ether oxygens (including phenoxy) is 1. The van der Waals surface area contributed by atoms with Crippen molar-refractivity contribution in [3.05, 3.63) is 91.6 Å². The number of para-hydroxylation sites is 1. The molecule has 0 saturated carbocycles. The van der Waals surface area contributed by atoms with E-state index in [-0.39, 0.29) is 11.1 Å². The first-order valence-corrected chi connectivity index (χ1v) is 13.5. The van der Waals surface area contributed by atoms with Crippen LogP contribution in [0.2, 0.25) is 5.02 Å². The lowest BCUT2D eigenvalue weighted by atomic mass is 10.2. The molecule has 0 atom stereocenters. The molecule has 5 aromatic rings. The molecule has 0 radical (unpaired) electrons. The fourth-order valence-corrected chi connectivity index (χ4v) is 6.05. The average Bonchev–Trinajstić information content (AvgIpc) is 3.44. The number of morpholine rings is 1. The minimum Gasteiger partial charge on any atom is -0.379 e. The summed E-state index contributed by atoms with van der Waals surface area (Å²) in [6.07, 6.45) is 0. The Bertz CT molecular complexity index is 1680. The molecular weight excluding hydrogens is 510 g/mol. The van der Waals surface area contributed by atoms with Crippen LogP contribution in [0.15, 0.2) is 64.2 Å². The van der Waals surface area contributed by atoms with Gasteiger partial charge in [0.15, 0.2) is 0 Å². The Hall–Kier alpha value is -3.24. The van der Waals surface area contributed by atoms with Gasteiger partial charge in [-0.1, -0.05) is 47.2 Å². The average molecular weight is 536 g/mol. The fourth-order valence-electron chi connectivity index (χ4n) is 4.95. The molecule has 3 aromatic heterocycles. The predicted molar refractivity (Wildman–Crippen MR) is 148 cm³/mol. The number of aryl methyl sites for hydroxylation is 1. The third-order valence-corrected chi connectivity index (χ3v) is 8.19. The second-order valence-electron chi connectivity index (χ2n) is 9.20. The van der Waals surface area contributed by atoms with E-state index in [1.807, 2.05) is 60.1 Å². The third-order valence-electron chi connectivity index (χ3n) is 6.93. The summed E-state index contributed by atoms with van der Waals surface area (Å²) in [6, 6.07) is 16.9. The monoisotopic (exact) mass is 535 g/mol. The van der Waals surface area contributed by atoms with Crippen LogP contribution in [0.3, 0.4) is 0 Å². The zero-order valence-corrected chi connectivity index (χ0v) is 22.0. The van der Waals surface area contributed by atoms with Gasteiger partial charge in [0.2, 0.25) is 5.13 Å². The van der Waals surface area contributed by atoms with Gasteiger partial charge in [-0.2, -0.15) is 4.68 Å². The molecule has 0 amide bonds. The lowest BCUT2D eigenvalue weighted by Crippen LogP contribution is -2.39. The van der Waals surface area contributed by atoms with Crippen LogP contribution >= 0.6 is 22.9 Å². The van der Waals surface area contributed by atoms with Gasteiger partial charge in [0.25, 0.3) is 11.1 Å². The van der Waals surface area contributed by atoms with Crippen molar-refractivity contribution in [3.63, 3.8) is 0 Å². The van der Waals surface area contributed by atoms with Crippen molar-refractivity contribution in [1.29, 1.82) is 0 Å². The van der Waals surface area contributed by atoms with Crippen molar-refractivity contribution >= 4 is 44.1 Å². The van der Waals surface area contributed by atoms with Gasteiger partial charge in [0, 0.05) is 43.0 Å². The Kier molecular flexibility index (Phi) is 6.46. The predicted octanol–water partition coefficient (Wildman–Crippen LogP) is 3.91. The van der Waals surface area contributed by atoms with Crippen molar-refractivity contribution < 1.29 is 4.74 Å². The maximum absolute atomic E-state index is 14.0. The number of pyridine rings is 1. The van der Waals surface area contributed by atoms with E-state index >= 15 is 0 Å². The molecule has 6 rings (SSSR count). The molecule has 0 spiro atoms. The number of hydrogen-bond donors (Lipinski definition) is 0. The Morgan fingerprint density at radius 2 is 1.78 bits per heavy atom. The first-order chi connectivity index (χ1) is 18.0. The van der Waals surface area contributed by atoms with E-state index in [1.54, 1.807) is 15.3 Å². The summed E-state index contributed by atoms with van der Waals surface area (Å²) in [5.41, 5.74) is 2.77. The van der Waals surface area contributed by atoms with Crippen LogP contribution in [0.4, 0.5) is 0 Å². The van der Waals surface area contributed by atoms with Crippen LogP contribution in [0.1, 0.15) is 11.3 Å². The van der Waals surface area contributed by atoms with E-state index in [4.69, 9.17) is 21.3 Å². The topological polar surface area (TPSA) is 74.3 Å². The van der Waals surface area contributed by atoms with Crippen LogP contribution in [0.5, 0.6) is 0 Å². The van der Waals surface area contributed by atoms with Gasteiger partial charge in [0.1, 0.15) is 0 Å². The molecule has 2 aromatic carbocycles. The highest BCUT2D eigenvalue weighted by Crippen LogP contribution is 2.26. The summed E-state index contributed by atoms with van der Waals surface area (Å²) in [5.74, 6) is 0. The molecule has 8 nitrogen and oxygen atoms in total. The number of rotatable bonds is 6. The summed E-state index contributed by atoms with van der Waals surface area (Å²) >= 11 is 7.56. The Morgan fingerprint density at radius 3 is 2.54 bits per heavy atom. The number of nitrogens with zero attached hydrogens (tertiary/aromatic N) is 5. The van der Waals surface area contributed by atoms with E-state index in [0.717, 1.165) is 35.4 Å². The molecule has 1 aliphatic rings. The van der Waals surface area contributed by atoms with E-state index in [2.05, 4.69) is 4.90 Å². The normalized spacial score (nSPS) is 14.6. The van der Waals surface area contributed by atoms with E-state index in [0.29, 0.717) is 53.1 Å². The molecule has 190 valence electrons. The summed E-state index contributed by atoms with van der Waals surface area (Å²) in [6.45, 7) is 6.59. The highest BCUT2D eigenvalue weighted by Gasteiger charge is 2.22. The van der Waals surface area contributed by atoms with Crippen LogP contribution in [-0.4, -0.2) is 56.7 Å². The molecule has 0 aliphatic carbocycles. The first-order valence-electron chi connectivity index (χ1n) is 12.3. The molecule has 1 aliphatic heterocycles. The van der Waals surface area contributed by atoms with Crippen molar-refractivity contribution in [2.75, 3.05) is 32.8 Å². The van der Waals surface area contributed by atoms with Gasteiger partial charge in [0.05, 0.1) is 40.9 Å². The fraction of sp³-hybridized carbons (Fsp3) is 0.296. The number of benzene rings is 2. The van der Waals surface area contributed by atoms with Crippen molar-refractivity contribution in [2.45, 2.75) is 20.0 Å². The third kappa shape index (κ3) is 4.53. The first kappa shape index (κ1) is 24.1. The second kappa shape index (κ2) is 9.90. The lowest BCUT2D eigenvalue weighted by Gasteiger charge is -2.27. The van der Waals surface area contributed by atoms with Gasteiger partial charge in [-0.05, 0) is 36.8 Å². The second-order valence-corrected chi connectivity index (χ2v) is 10.6. The molecule has 0 unspecified atom stereocenters. The van der Waals surface area contributed by atoms with Crippen LogP contribution in [0, 0.1) is 6.92 Å². The highest BCUT2D eigenvalue weighted by atomic mass is 35.5. The van der Waals surface area contributed by atoms with E-state index in [9.17, 15) is 9.59 Å². The standard InChI is InChI=1S/C27H26ClN5O3S/c1-18-25-22(16-24(34)31(18)11-10-30-12-14-36-15-13-30)32(17-19-6-8-20(28)9-7-19)33(26(25)35)27-29-21-4-2-3-5-23(21)37-27/h2-9,16H,10-15,17H2,1H3. The number of aromatic nitrogens is 4. The zero-order chi connectivity index (χ0) is 25.5.